The van der Waals surface area contributed by atoms with Crippen molar-refractivity contribution in [2.24, 2.45) is 5.92 Å². The molecule has 0 aromatic heterocycles. The summed E-state index contributed by atoms with van der Waals surface area (Å²) >= 11 is 5.78. The molecule has 2 heterocycles. The SMILES string of the molecule is O=C(C1CCCCO1)N1CCCC(CCCl)C1. The normalized spacial score (nSPS) is 30.3. The summed E-state index contributed by atoms with van der Waals surface area (Å²) in [5.41, 5.74) is 0. The minimum atomic E-state index is -0.168. The molecule has 2 rings (SSSR count). The van der Waals surface area contributed by atoms with E-state index in [1.807, 2.05) is 4.90 Å². The van der Waals surface area contributed by atoms with Crippen LogP contribution in [0.1, 0.15) is 38.5 Å². The molecule has 0 radical (unpaired) electrons. The molecule has 2 fully saturated rings. The summed E-state index contributed by atoms with van der Waals surface area (Å²) in [4.78, 5) is 14.3. The summed E-state index contributed by atoms with van der Waals surface area (Å²) in [7, 11) is 0. The third-order valence-electron chi connectivity index (χ3n) is 3.80. The van der Waals surface area contributed by atoms with Crippen molar-refractivity contribution in [3.8, 4) is 0 Å². The Morgan fingerprint density at radius 1 is 1.29 bits per heavy atom. The van der Waals surface area contributed by atoms with Crippen molar-refractivity contribution >= 4 is 17.5 Å². The van der Waals surface area contributed by atoms with Crippen LogP contribution in [0, 0.1) is 5.92 Å². The van der Waals surface area contributed by atoms with Crippen molar-refractivity contribution in [2.75, 3.05) is 25.6 Å². The molecule has 2 atom stereocenters. The second-order valence-corrected chi connectivity index (χ2v) is 5.50. The first kappa shape index (κ1) is 13.2. The number of carbonyl (C=O) groups is 1. The third kappa shape index (κ3) is 3.59. The van der Waals surface area contributed by atoms with Crippen LogP contribution in [0.2, 0.25) is 0 Å². The summed E-state index contributed by atoms with van der Waals surface area (Å²) < 4.78 is 5.57. The van der Waals surface area contributed by atoms with Crippen molar-refractivity contribution in [1.29, 1.82) is 0 Å². The van der Waals surface area contributed by atoms with Gasteiger partial charge in [0.2, 0.25) is 0 Å². The molecule has 2 aliphatic rings. The largest absolute Gasteiger partial charge is 0.368 e. The molecule has 2 saturated heterocycles. The van der Waals surface area contributed by atoms with Gasteiger partial charge in [-0.25, -0.2) is 0 Å². The topological polar surface area (TPSA) is 29.5 Å². The molecular formula is C13H22ClNO2. The maximum absolute atomic E-state index is 12.3. The van der Waals surface area contributed by atoms with E-state index in [9.17, 15) is 4.79 Å². The minimum absolute atomic E-state index is 0.168. The van der Waals surface area contributed by atoms with Crippen molar-refractivity contribution in [1.82, 2.24) is 4.90 Å². The zero-order valence-corrected chi connectivity index (χ0v) is 11.1. The van der Waals surface area contributed by atoms with E-state index in [1.54, 1.807) is 0 Å². The number of amides is 1. The molecule has 3 nitrogen and oxygen atoms in total. The number of ether oxygens (including phenoxy) is 1. The lowest BCUT2D eigenvalue weighted by atomic mass is 9.95. The molecule has 1 amide bonds. The number of nitrogens with zero attached hydrogens (tertiary/aromatic N) is 1. The first-order valence-corrected chi connectivity index (χ1v) is 7.31. The van der Waals surface area contributed by atoms with Gasteiger partial charge in [0.15, 0.2) is 0 Å². The highest BCUT2D eigenvalue weighted by molar-refractivity contribution is 6.17. The molecule has 0 aromatic rings. The summed E-state index contributed by atoms with van der Waals surface area (Å²) in [6.07, 6.45) is 6.29. The van der Waals surface area contributed by atoms with Crippen LogP contribution in [0.4, 0.5) is 0 Å². The Kier molecular flexibility index (Phi) is 5.11. The minimum Gasteiger partial charge on any atom is -0.368 e. The summed E-state index contributed by atoms with van der Waals surface area (Å²) in [5, 5.41) is 0. The van der Waals surface area contributed by atoms with Crippen molar-refractivity contribution in [2.45, 2.75) is 44.6 Å². The molecule has 0 saturated carbocycles. The van der Waals surface area contributed by atoms with Crippen LogP contribution in [0.3, 0.4) is 0 Å². The highest BCUT2D eigenvalue weighted by Gasteiger charge is 2.30. The lowest BCUT2D eigenvalue weighted by Crippen LogP contribution is -2.46. The number of carbonyl (C=O) groups excluding carboxylic acids is 1. The molecule has 2 unspecified atom stereocenters. The fourth-order valence-electron chi connectivity index (χ4n) is 2.79. The molecule has 0 aromatic carbocycles. The van der Waals surface area contributed by atoms with Gasteiger partial charge in [0.05, 0.1) is 0 Å². The number of hydrogen-bond acceptors (Lipinski definition) is 2. The van der Waals surface area contributed by atoms with Gasteiger partial charge in [0.25, 0.3) is 5.91 Å². The molecule has 0 aliphatic carbocycles. The molecule has 0 bridgehead atoms. The van der Waals surface area contributed by atoms with Crippen LogP contribution in [-0.2, 0) is 9.53 Å². The Bertz CT molecular complexity index is 252. The van der Waals surface area contributed by atoms with Crippen LogP contribution in [0.5, 0.6) is 0 Å². The standard InChI is InChI=1S/C13H22ClNO2/c14-7-6-11-4-3-8-15(10-11)13(16)12-5-1-2-9-17-12/h11-12H,1-10H2. The van der Waals surface area contributed by atoms with E-state index in [0.717, 1.165) is 51.8 Å². The number of likely N-dealkylation sites (tertiary alicyclic amines) is 1. The van der Waals surface area contributed by atoms with Crippen molar-refractivity contribution in [3.05, 3.63) is 0 Å². The van der Waals surface area contributed by atoms with Gasteiger partial charge >= 0.3 is 0 Å². The van der Waals surface area contributed by atoms with E-state index in [4.69, 9.17) is 16.3 Å². The number of rotatable bonds is 3. The first-order chi connectivity index (χ1) is 8.31. The van der Waals surface area contributed by atoms with Gasteiger partial charge in [-0.1, -0.05) is 0 Å². The van der Waals surface area contributed by atoms with Crippen LogP contribution in [-0.4, -0.2) is 42.5 Å². The third-order valence-corrected chi connectivity index (χ3v) is 4.02. The maximum Gasteiger partial charge on any atom is 0.251 e. The Labute approximate surface area is 108 Å². The molecule has 17 heavy (non-hydrogen) atoms. The fraction of sp³-hybridized carbons (Fsp3) is 0.923. The molecule has 0 spiro atoms. The zero-order chi connectivity index (χ0) is 12.1. The Balaban J connectivity index is 1.85. The number of alkyl halides is 1. The van der Waals surface area contributed by atoms with E-state index >= 15 is 0 Å². The molecule has 2 aliphatic heterocycles. The van der Waals surface area contributed by atoms with E-state index in [2.05, 4.69) is 0 Å². The van der Waals surface area contributed by atoms with Crippen molar-refractivity contribution < 1.29 is 9.53 Å². The molecule has 4 heteroatoms. The predicted octanol–water partition coefficient (Wildman–Crippen LogP) is 2.42. The van der Waals surface area contributed by atoms with Gasteiger partial charge < -0.3 is 9.64 Å². The Hall–Kier alpha value is -0.280. The molecule has 0 N–H and O–H groups in total. The average Bonchev–Trinajstić information content (AvgIpc) is 2.40. The Morgan fingerprint density at radius 3 is 2.88 bits per heavy atom. The number of hydrogen-bond donors (Lipinski definition) is 0. The van der Waals surface area contributed by atoms with Crippen molar-refractivity contribution in [3.63, 3.8) is 0 Å². The van der Waals surface area contributed by atoms with Crippen LogP contribution in [0.15, 0.2) is 0 Å². The smallest absolute Gasteiger partial charge is 0.251 e. The van der Waals surface area contributed by atoms with Crippen LogP contribution < -0.4 is 0 Å². The lowest BCUT2D eigenvalue weighted by molar-refractivity contribution is -0.148. The fourth-order valence-corrected chi connectivity index (χ4v) is 3.10. The summed E-state index contributed by atoms with van der Waals surface area (Å²) in [6.45, 7) is 2.53. The first-order valence-electron chi connectivity index (χ1n) is 6.77. The van der Waals surface area contributed by atoms with Gasteiger partial charge in [0, 0.05) is 25.6 Å². The van der Waals surface area contributed by atoms with E-state index in [1.165, 1.54) is 6.42 Å². The van der Waals surface area contributed by atoms with Gasteiger partial charge in [-0.3, -0.25) is 4.79 Å². The van der Waals surface area contributed by atoms with Gasteiger partial charge in [-0.2, -0.15) is 0 Å². The van der Waals surface area contributed by atoms with E-state index < -0.39 is 0 Å². The second-order valence-electron chi connectivity index (χ2n) is 5.13. The lowest BCUT2D eigenvalue weighted by Gasteiger charge is -2.35. The van der Waals surface area contributed by atoms with Crippen LogP contribution in [0.25, 0.3) is 0 Å². The van der Waals surface area contributed by atoms with E-state index in [0.29, 0.717) is 11.8 Å². The highest BCUT2D eigenvalue weighted by atomic mass is 35.5. The monoisotopic (exact) mass is 259 g/mol. The molecular weight excluding hydrogens is 238 g/mol. The van der Waals surface area contributed by atoms with Gasteiger partial charge in [-0.15, -0.1) is 11.6 Å². The molecule has 98 valence electrons. The van der Waals surface area contributed by atoms with Gasteiger partial charge in [-0.05, 0) is 44.4 Å². The predicted molar refractivity (Wildman–Crippen MR) is 68.2 cm³/mol. The number of halogens is 1. The quantitative estimate of drug-likeness (QED) is 0.729. The average molecular weight is 260 g/mol. The highest BCUT2D eigenvalue weighted by Crippen LogP contribution is 2.23. The van der Waals surface area contributed by atoms with Crippen LogP contribution >= 0.6 is 11.6 Å². The van der Waals surface area contributed by atoms with E-state index in [-0.39, 0.29) is 12.0 Å². The second kappa shape index (κ2) is 6.60. The maximum atomic E-state index is 12.3. The Morgan fingerprint density at radius 2 is 2.18 bits per heavy atom. The van der Waals surface area contributed by atoms with Gasteiger partial charge in [0.1, 0.15) is 6.10 Å². The summed E-state index contributed by atoms with van der Waals surface area (Å²) in [5.74, 6) is 1.50. The summed E-state index contributed by atoms with van der Waals surface area (Å²) in [6, 6.07) is 0. The number of piperidine rings is 1. The zero-order valence-electron chi connectivity index (χ0n) is 10.4.